The molecular formula is C15H19N3O. The lowest BCUT2D eigenvalue weighted by molar-refractivity contribution is -0.127. The molecule has 4 heteroatoms. The minimum Gasteiger partial charge on any atom is -0.342 e. The van der Waals surface area contributed by atoms with E-state index in [1.165, 1.54) is 5.56 Å². The fraction of sp³-hybridized carbons (Fsp3) is 0.467. The molecule has 1 amide bonds. The quantitative estimate of drug-likeness (QED) is 0.835. The number of piperidine rings is 1. The number of hydrogen-bond donors (Lipinski definition) is 1. The molecule has 1 saturated heterocycles. The smallest absolute Gasteiger partial charge is 0.238 e. The van der Waals surface area contributed by atoms with Gasteiger partial charge in [0.05, 0.1) is 12.1 Å². The third kappa shape index (κ3) is 3.80. The Hall–Kier alpha value is -1.86. The summed E-state index contributed by atoms with van der Waals surface area (Å²) in [6.07, 6.45) is 3.09. The number of nitrogens with zero attached hydrogens (tertiary/aromatic N) is 2. The first-order chi connectivity index (χ1) is 9.31. The van der Waals surface area contributed by atoms with Crippen molar-refractivity contribution in [3.05, 3.63) is 35.9 Å². The van der Waals surface area contributed by atoms with Gasteiger partial charge in [0.15, 0.2) is 0 Å². The maximum Gasteiger partial charge on any atom is 0.238 e. The Balaban J connectivity index is 2.00. The van der Waals surface area contributed by atoms with Gasteiger partial charge in [-0.25, -0.2) is 0 Å². The van der Waals surface area contributed by atoms with E-state index in [9.17, 15) is 4.79 Å². The Morgan fingerprint density at radius 2 is 2.16 bits per heavy atom. The third-order valence-electron chi connectivity index (χ3n) is 3.49. The number of hydrogen-bond acceptors (Lipinski definition) is 3. The second-order valence-electron chi connectivity index (χ2n) is 4.84. The van der Waals surface area contributed by atoms with E-state index in [0.717, 1.165) is 32.4 Å². The Bertz CT molecular complexity index is 452. The van der Waals surface area contributed by atoms with E-state index in [4.69, 9.17) is 5.26 Å². The molecule has 0 aliphatic carbocycles. The molecular weight excluding hydrogens is 238 g/mol. The predicted octanol–water partition coefficient (Wildman–Crippen LogP) is 1.68. The molecule has 4 nitrogen and oxygen atoms in total. The van der Waals surface area contributed by atoms with Crippen molar-refractivity contribution in [2.24, 2.45) is 0 Å². The second kappa shape index (κ2) is 6.91. The van der Waals surface area contributed by atoms with E-state index in [1.807, 2.05) is 24.3 Å². The maximum atomic E-state index is 12.1. The van der Waals surface area contributed by atoms with Gasteiger partial charge in [-0.05, 0) is 24.9 Å². The minimum absolute atomic E-state index is 0.0165. The lowest BCUT2D eigenvalue weighted by Gasteiger charge is -2.34. The highest BCUT2D eigenvalue weighted by molar-refractivity contribution is 5.82. The van der Waals surface area contributed by atoms with Crippen molar-refractivity contribution < 1.29 is 4.79 Å². The van der Waals surface area contributed by atoms with Crippen LogP contribution in [0.3, 0.4) is 0 Å². The van der Waals surface area contributed by atoms with E-state index in [2.05, 4.69) is 22.3 Å². The first-order valence-corrected chi connectivity index (χ1v) is 6.74. The largest absolute Gasteiger partial charge is 0.342 e. The fourth-order valence-corrected chi connectivity index (χ4v) is 2.54. The fourth-order valence-electron chi connectivity index (χ4n) is 2.54. The van der Waals surface area contributed by atoms with Crippen molar-refractivity contribution in [2.75, 3.05) is 13.1 Å². The summed E-state index contributed by atoms with van der Waals surface area (Å²) in [5.41, 5.74) is 1.22. The van der Waals surface area contributed by atoms with Crippen molar-refractivity contribution in [3.8, 4) is 6.07 Å². The van der Waals surface area contributed by atoms with E-state index in [-0.39, 0.29) is 18.5 Å². The van der Waals surface area contributed by atoms with Crippen molar-refractivity contribution in [1.29, 1.82) is 5.26 Å². The third-order valence-corrected chi connectivity index (χ3v) is 3.49. The van der Waals surface area contributed by atoms with Crippen molar-refractivity contribution in [3.63, 3.8) is 0 Å². The summed E-state index contributed by atoms with van der Waals surface area (Å²) >= 11 is 0. The number of carbonyl (C=O) groups is 1. The molecule has 1 heterocycles. The summed E-state index contributed by atoms with van der Waals surface area (Å²) in [5, 5.41) is 11.2. The highest BCUT2D eigenvalue weighted by Gasteiger charge is 2.28. The summed E-state index contributed by atoms with van der Waals surface area (Å²) in [6, 6.07) is 12.1. The highest BCUT2D eigenvalue weighted by atomic mass is 16.2. The topological polar surface area (TPSA) is 56.1 Å². The highest BCUT2D eigenvalue weighted by Crippen LogP contribution is 2.19. The van der Waals surface area contributed by atoms with Crippen LogP contribution in [0, 0.1) is 11.3 Å². The Kier molecular flexibility index (Phi) is 4.93. The molecule has 1 fully saturated rings. The molecule has 1 unspecified atom stereocenters. The molecule has 1 N–H and O–H groups in total. The molecule has 1 aliphatic rings. The molecule has 0 saturated carbocycles. The zero-order chi connectivity index (χ0) is 13.5. The lowest BCUT2D eigenvalue weighted by atomic mass is 10.0. The Morgan fingerprint density at radius 1 is 1.37 bits per heavy atom. The number of nitrogens with one attached hydrogen (secondary N) is 1. The minimum atomic E-state index is -0.0951. The summed E-state index contributed by atoms with van der Waals surface area (Å²) in [4.78, 5) is 14.3. The van der Waals surface area contributed by atoms with Crippen LogP contribution in [0.15, 0.2) is 30.3 Å². The number of amides is 1. The van der Waals surface area contributed by atoms with Crippen molar-refractivity contribution >= 4 is 5.91 Å². The standard InChI is InChI=1S/C15H19N3O/c16-9-10-17-15(19)14-8-4-5-11-18(14)12-13-6-2-1-3-7-13/h1-3,6-7,14H,4-5,8,10-12H2,(H,17,19). The number of rotatable bonds is 4. The van der Waals surface area contributed by atoms with Gasteiger partial charge in [0.2, 0.25) is 5.91 Å². The van der Waals surface area contributed by atoms with Gasteiger partial charge in [-0.15, -0.1) is 0 Å². The predicted molar refractivity (Wildman–Crippen MR) is 73.1 cm³/mol. The zero-order valence-electron chi connectivity index (χ0n) is 11.0. The average Bonchev–Trinajstić information content (AvgIpc) is 2.46. The lowest BCUT2D eigenvalue weighted by Crippen LogP contribution is -2.49. The van der Waals surface area contributed by atoms with Gasteiger partial charge in [0.25, 0.3) is 0 Å². The summed E-state index contributed by atoms with van der Waals surface area (Å²) < 4.78 is 0. The first-order valence-electron chi connectivity index (χ1n) is 6.74. The van der Waals surface area contributed by atoms with Crippen LogP contribution in [0.2, 0.25) is 0 Å². The molecule has 0 radical (unpaired) electrons. The monoisotopic (exact) mass is 257 g/mol. The van der Waals surface area contributed by atoms with Crippen LogP contribution in [0.1, 0.15) is 24.8 Å². The molecule has 0 spiro atoms. The second-order valence-corrected chi connectivity index (χ2v) is 4.84. The van der Waals surface area contributed by atoms with Crippen LogP contribution in [0.25, 0.3) is 0 Å². The molecule has 0 bridgehead atoms. The Morgan fingerprint density at radius 3 is 2.89 bits per heavy atom. The van der Waals surface area contributed by atoms with Crippen molar-refractivity contribution in [2.45, 2.75) is 31.8 Å². The van der Waals surface area contributed by atoms with Gasteiger partial charge in [-0.1, -0.05) is 36.8 Å². The van der Waals surface area contributed by atoms with Gasteiger partial charge < -0.3 is 5.32 Å². The number of carbonyl (C=O) groups excluding carboxylic acids is 1. The van der Waals surface area contributed by atoms with Gasteiger partial charge in [-0.2, -0.15) is 5.26 Å². The van der Waals surface area contributed by atoms with Gasteiger partial charge in [0, 0.05) is 6.54 Å². The van der Waals surface area contributed by atoms with Crippen LogP contribution in [-0.2, 0) is 11.3 Å². The van der Waals surface area contributed by atoms with Crippen LogP contribution >= 0.6 is 0 Å². The van der Waals surface area contributed by atoms with Crippen LogP contribution in [0.5, 0.6) is 0 Å². The van der Waals surface area contributed by atoms with Crippen LogP contribution < -0.4 is 5.32 Å². The summed E-state index contributed by atoms with van der Waals surface area (Å²) in [6.45, 7) is 1.83. The van der Waals surface area contributed by atoms with Gasteiger partial charge in [-0.3, -0.25) is 9.69 Å². The van der Waals surface area contributed by atoms with Gasteiger partial charge >= 0.3 is 0 Å². The normalized spacial score (nSPS) is 19.6. The SMILES string of the molecule is N#CCNC(=O)C1CCCCN1Cc1ccccc1. The summed E-state index contributed by atoms with van der Waals surface area (Å²) in [7, 11) is 0. The van der Waals surface area contributed by atoms with Crippen LogP contribution in [-0.4, -0.2) is 29.9 Å². The average molecular weight is 257 g/mol. The van der Waals surface area contributed by atoms with Crippen LogP contribution in [0.4, 0.5) is 0 Å². The number of likely N-dealkylation sites (tertiary alicyclic amines) is 1. The molecule has 1 aromatic carbocycles. The molecule has 19 heavy (non-hydrogen) atoms. The van der Waals surface area contributed by atoms with E-state index >= 15 is 0 Å². The molecule has 0 aromatic heterocycles. The molecule has 2 rings (SSSR count). The summed E-state index contributed by atoms with van der Waals surface area (Å²) in [5.74, 6) is -0.0165. The molecule has 1 aliphatic heterocycles. The Labute approximate surface area is 114 Å². The van der Waals surface area contributed by atoms with E-state index in [1.54, 1.807) is 0 Å². The number of nitriles is 1. The van der Waals surface area contributed by atoms with E-state index < -0.39 is 0 Å². The van der Waals surface area contributed by atoms with Crippen molar-refractivity contribution in [1.82, 2.24) is 10.2 Å². The van der Waals surface area contributed by atoms with Gasteiger partial charge in [0.1, 0.15) is 6.54 Å². The molecule has 1 atom stereocenters. The number of benzene rings is 1. The molecule has 1 aromatic rings. The molecule has 100 valence electrons. The maximum absolute atomic E-state index is 12.1. The first kappa shape index (κ1) is 13.6. The zero-order valence-corrected chi connectivity index (χ0v) is 11.0. The van der Waals surface area contributed by atoms with E-state index in [0.29, 0.717) is 0 Å².